The van der Waals surface area contributed by atoms with E-state index >= 15 is 0 Å². The van der Waals surface area contributed by atoms with Crippen LogP contribution in [-0.2, 0) is 14.3 Å². The third-order valence-corrected chi connectivity index (χ3v) is 2.37. The maximum absolute atomic E-state index is 11.5. The molecule has 7 heteroatoms. The van der Waals surface area contributed by atoms with Gasteiger partial charge in [-0.15, -0.1) is 6.42 Å². The number of carboxylic acids is 1. The van der Waals surface area contributed by atoms with Gasteiger partial charge in [0.2, 0.25) is 5.76 Å². The van der Waals surface area contributed by atoms with Gasteiger partial charge in [0.05, 0.1) is 7.11 Å². The summed E-state index contributed by atoms with van der Waals surface area (Å²) in [5.41, 5.74) is -0.214. The summed E-state index contributed by atoms with van der Waals surface area (Å²) in [6.45, 7) is -0.0870. The second-order valence-electron chi connectivity index (χ2n) is 3.54. The Morgan fingerprint density at radius 3 is 2.76 bits per heavy atom. The first-order chi connectivity index (χ1) is 9.99. The Balaban J connectivity index is 3.09. The van der Waals surface area contributed by atoms with Crippen LogP contribution in [-0.4, -0.2) is 30.8 Å². The molecule has 0 saturated heterocycles. The quantitative estimate of drug-likeness (QED) is 0.285. The van der Waals surface area contributed by atoms with Crippen molar-refractivity contribution in [2.24, 2.45) is 0 Å². The first-order valence-electron chi connectivity index (χ1n) is 5.53. The lowest BCUT2D eigenvalue weighted by molar-refractivity contribution is -0.138. The standard InChI is InChI=1S/C14H11ClO6/c1-3-6-20-8-12(14(18)19-2)21-11-5-4-9(15)7-10(11)13(16)17/h1,4-5,7-8H,6H2,2H3,(H,16,17). The first kappa shape index (κ1) is 16.4. The van der Waals surface area contributed by atoms with Crippen LogP contribution in [0.15, 0.2) is 30.2 Å². The van der Waals surface area contributed by atoms with Gasteiger partial charge in [-0.1, -0.05) is 17.5 Å². The zero-order valence-electron chi connectivity index (χ0n) is 11.0. The predicted octanol–water partition coefficient (Wildman–Crippen LogP) is 2.08. The topological polar surface area (TPSA) is 82.1 Å². The fourth-order valence-corrected chi connectivity index (χ4v) is 1.43. The van der Waals surface area contributed by atoms with Gasteiger partial charge >= 0.3 is 11.9 Å². The number of hydrogen-bond donors (Lipinski definition) is 1. The summed E-state index contributed by atoms with van der Waals surface area (Å²) >= 11 is 5.72. The number of hydrogen-bond acceptors (Lipinski definition) is 5. The number of carboxylic acid groups (broad SMARTS) is 1. The Morgan fingerprint density at radius 1 is 1.48 bits per heavy atom. The molecule has 110 valence electrons. The molecule has 0 unspecified atom stereocenters. The van der Waals surface area contributed by atoms with Crippen LogP contribution in [0.25, 0.3) is 0 Å². The molecule has 0 atom stereocenters. The number of esters is 1. The van der Waals surface area contributed by atoms with Crippen molar-refractivity contribution in [1.29, 1.82) is 0 Å². The van der Waals surface area contributed by atoms with Gasteiger partial charge < -0.3 is 19.3 Å². The highest BCUT2D eigenvalue weighted by Gasteiger charge is 2.18. The minimum atomic E-state index is -1.26. The molecule has 0 heterocycles. The average Bonchev–Trinajstić information content (AvgIpc) is 2.46. The molecular formula is C14H11ClO6. The molecule has 0 aliphatic heterocycles. The van der Waals surface area contributed by atoms with Crippen molar-refractivity contribution in [3.8, 4) is 18.1 Å². The minimum Gasteiger partial charge on any atom is -0.484 e. The number of halogens is 1. The number of aromatic carboxylic acids is 1. The van der Waals surface area contributed by atoms with E-state index in [1.54, 1.807) is 0 Å². The molecule has 0 spiro atoms. The molecule has 0 amide bonds. The largest absolute Gasteiger partial charge is 0.484 e. The van der Waals surface area contributed by atoms with Crippen LogP contribution in [0.3, 0.4) is 0 Å². The SMILES string of the molecule is C#CCOC=C(Oc1ccc(Cl)cc1C(=O)O)C(=O)OC. The highest BCUT2D eigenvalue weighted by Crippen LogP contribution is 2.25. The van der Waals surface area contributed by atoms with Gasteiger partial charge in [-0.3, -0.25) is 0 Å². The molecule has 1 rings (SSSR count). The Labute approximate surface area is 125 Å². The van der Waals surface area contributed by atoms with E-state index in [1.165, 1.54) is 18.2 Å². The number of methoxy groups -OCH3 is 1. The van der Waals surface area contributed by atoms with E-state index in [-0.39, 0.29) is 28.7 Å². The van der Waals surface area contributed by atoms with Gasteiger partial charge in [0.1, 0.15) is 24.2 Å². The highest BCUT2D eigenvalue weighted by atomic mass is 35.5. The number of rotatable bonds is 6. The van der Waals surface area contributed by atoms with E-state index in [1.807, 2.05) is 0 Å². The molecule has 0 radical (unpaired) electrons. The van der Waals surface area contributed by atoms with Crippen LogP contribution >= 0.6 is 11.6 Å². The fourth-order valence-electron chi connectivity index (χ4n) is 1.26. The summed E-state index contributed by atoms with van der Waals surface area (Å²) in [6, 6.07) is 3.92. The van der Waals surface area contributed by atoms with Crippen LogP contribution in [0.2, 0.25) is 5.02 Å². The zero-order chi connectivity index (χ0) is 15.8. The lowest BCUT2D eigenvalue weighted by atomic mass is 10.2. The second kappa shape index (κ2) is 7.82. The van der Waals surface area contributed by atoms with Crippen LogP contribution < -0.4 is 4.74 Å². The van der Waals surface area contributed by atoms with E-state index in [0.29, 0.717) is 0 Å². The van der Waals surface area contributed by atoms with Crippen molar-refractivity contribution in [1.82, 2.24) is 0 Å². The molecular weight excluding hydrogens is 300 g/mol. The van der Waals surface area contributed by atoms with Crippen LogP contribution in [0.4, 0.5) is 0 Å². The lowest BCUT2D eigenvalue weighted by Crippen LogP contribution is -2.13. The summed E-state index contributed by atoms with van der Waals surface area (Å²) in [5.74, 6) is -0.356. The molecule has 0 aliphatic carbocycles. The van der Waals surface area contributed by atoms with Gasteiger partial charge in [0.15, 0.2) is 0 Å². The molecule has 0 fully saturated rings. The van der Waals surface area contributed by atoms with E-state index in [0.717, 1.165) is 13.4 Å². The molecule has 0 saturated carbocycles. The third kappa shape index (κ3) is 4.75. The van der Waals surface area contributed by atoms with Crippen LogP contribution in [0.5, 0.6) is 5.75 Å². The fraction of sp³-hybridized carbons (Fsp3) is 0.143. The number of terminal acetylenes is 1. The van der Waals surface area contributed by atoms with E-state index in [2.05, 4.69) is 10.7 Å². The molecule has 1 N–H and O–H groups in total. The molecule has 0 bridgehead atoms. The van der Waals surface area contributed by atoms with Crippen molar-refractivity contribution in [3.05, 3.63) is 40.8 Å². The molecule has 1 aromatic carbocycles. The monoisotopic (exact) mass is 310 g/mol. The number of benzene rings is 1. The van der Waals surface area contributed by atoms with E-state index in [4.69, 9.17) is 32.6 Å². The summed E-state index contributed by atoms with van der Waals surface area (Å²) in [4.78, 5) is 22.7. The molecule has 0 aromatic heterocycles. The molecule has 6 nitrogen and oxygen atoms in total. The molecule has 0 aliphatic rings. The van der Waals surface area contributed by atoms with E-state index in [9.17, 15) is 9.59 Å². The van der Waals surface area contributed by atoms with Gasteiger partial charge in [-0.25, -0.2) is 9.59 Å². The Morgan fingerprint density at radius 2 is 2.19 bits per heavy atom. The summed E-state index contributed by atoms with van der Waals surface area (Å²) in [7, 11) is 1.14. The average molecular weight is 311 g/mol. The smallest absolute Gasteiger partial charge is 0.377 e. The Bertz CT molecular complexity index is 614. The Kier molecular flexibility index (Phi) is 6.11. The van der Waals surface area contributed by atoms with Gasteiger partial charge in [0.25, 0.3) is 0 Å². The van der Waals surface area contributed by atoms with Crippen molar-refractivity contribution in [2.75, 3.05) is 13.7 Å². The van der Waals surface area contributed by atoms with Crippen molar-refractivity contribution in [2.45, 2.75) is 0 Å². The maximum atomic E-state index is 11.5. The number of carbonyl (C=O) groups is 2. The summed E-state index contributed by atoms with van der Waals surface area (Å²) in [5, 5.41) is 9.30. The van der Waals surface area contributed by atoms with Gasteiger partial charge in [-0.2, -0.15) is 0 Å². The molecule has 21 heavy (non-hydrogen) atoms. The summed E-state index contributed by atoms with van der Waals surface area (Å²) < 4.78 is 14.6. The Hall–Kier alpha value is -2.65. The van der Waals surface area contributed by atoms with Crippen LogP contribution in [0.1, 0.15) is 10.4 Å². The first-order valence-corrected chi connectivity index (χ1v) is 5.91. The van der Waals surface area contributed by atoms with Crippen molar-refractivity contribution < 1.29 is 28.9 Å². The molecule has 1 aromatic rings. The summed E-state index contributed by atoms with van der Waals surface area (Å²) in [6.07, 6.45) is 5.95. The van der Waals surface area contributed by atoms with Crippen molar-refractivity contribution >= 4 is 23.5 Å². The van der Waals surface area contributed by atoms with Gasteiger partial charge in [0, 0.05) is 5.02 Å². The number of ether oxygens (including phenoxy) is 3. The normalized spacial score (nSPS) is 10.4. The maximum Gasteiger partial charge on any atom is 0.377 e. The van der Waals surface area contributed by atoms with Crippen molar-refractivity contribution in [3.63, 3.8) is 0 Å². The van der Waals surface area contributed by atoms with E-state index < -0.39 is 11.9 Å². The van der Waals surface area contributed by atoms with Gasteiger partial charge in [-0.05, 0) is 18.2 Å². The highest BCUT2D eigenvalue weighted by molar-refractivity contribution is 6.31. The number of carbonyl (C=O) groups excluding carboxylic acids is 1. The minimum absolute atomic E-state index is 0.0870. The zero-order valence-corrected chi connectivity index (χ0v) is 11.7. The predicted molar refractivity (Wildman–Crippen MR) is 73.9 cm³/mol. The third-order valence-electron chi connectivity index (χ3n) is 2.14. The second-order valence-corrected chi connectivity index (χ2v) is 3.97. The van der Waals surface area contributed by atoms with Crippen LogP contribution in [0, 0.1) is 12.3 Å². The lowest BCUT2D eigenvalue weighted by Gasteiger charge is -2.10.